The number of thioether (sulfide) groups is 1. The van der Waals surface area contributed by atoms with Crippen LogP contribution in [0.4, 0.5) is 5.69 Å². The highest BCUT2D eigenvalue weighted by Gasteiger charge is 2.77. The number of carbonyl (C=O) groups excluding carboxylic acids is 3. The van der Waals surface area contributed by atoms with Gasteiger partial charge in [0.1, 0.15) is 6.04 Å². The van der Waals surface area contributed by atoms with Crippen molar-refractivity contribution >= 4 is 35.2 Å². The molecule has 3 aliphatic heterocycles. The molecule has 4 rings (SSSR count). The third kappa shape index (κ3) is 4.67. The number of unbranched alkanes of at least 4 members (excludes halogenated alkanes) is 2. The second-order valence-corrected chi connectivity index (χ2v) is 13.2. The van der Waals surface area contributed by atoms with Crippen LogP contribution in [0, 0.1) is 17.8 Å². The molecule has 1 aromatic carbocycles. The molecule has 1 aromatic rings. The molecule has 6 atom stereocenters. The van der Waals surface area contributed by atoms with Gasteiger partial charge in [-0.05, 0) is 50.7 Å². The van der Waals surface area contributed by atoms with E-state index in [0.29, 0.717) is 25.1 Å². The Kier molecular flexibility index (Phi) is 8.05. The smallest absolute Gasteiger partial charge is 0.244 e. The predicted octanol–water partition coefficient (Wildman–Crippen LogP) is 3.82. The van der Waals surface area contributed by atoms with Gasteiger partial charge in [-0.3, -0.25) is 14.4 Å². The van der Waals surface area contributed by atoms with Gasteiger partial charge in [-0.25, -0.2) is 0 Å². The molecule has 3 saturated heterocycles. The van der Waals surface area contributed by atoms with Gasteiger partial charge in [0.25, 0.3) is 0 Å². The van der Waals surface area contributed by atoms with Gasteiger partial charge in [-0.2, -0.15) is 0 Å². The lowest BCUT2D eigenvalue weighted by molar-refractivity contribution is -0.142. The average molecular weight is 516 g/mol. The fraction of sp³-hybridized carbons (Fsp3) is 0.679. The molecule has 198 valence electrons. The van der Waals surface area contributed by atoms with E-state index in [0.717, 1.165) is 25.7 Å². The maximum Gasteiger partial charge on any atom is 0.244 e. The summed E-state index contributed by atoms with van der Waals surface area (Å²) in [6.07, 6.45) is 5.07. The molecule has 3 heterocycles. The normalized spacial score (nSPS) is 31.6. The highest BCUT2D eigenvalue weighted by Crippen LogP contribution is 2.71. The topological polar surface area (TPSA) is 98.7 Å². The summed E-state index contributed by atoms with van der Waals surface area (Å²) in [5, 5.41) is 16.5. The molecule has 0 saturated carbocycles. The van der Waals surface area contributed by atoms with Crippen molar-refractivity contribution in [2.24, 2.45) is 17.8 Å². The van der Waals surface area contributed by atoms with Crippen LogP contribution in [0.3, 0.4) is 0 Å². The number of rotatable bonds is 11. The van der Waals surface area contributed by atoms with Crippen molar-refractivity contribution in [2.75, 3.05) is 18.5 Å². The molecular formula is C28H41N3O4S. The van der Waals surface area contributed by atoms with Gasteiger partial charge in [-0.15, -0.1) is 11.8 Å². The predicted molar refractivity (Wildman–Crippen MR) is 144 cm³/mol. The SMILES string of the molecule is CCCCCNC(=O)C1N([C@@H](CO)CC(C)C)C(=O)[C@@H]2[C@@H](C(=O)Nc3ccccc3)[C@@]3(C)CCC12S3. The summed E-state index contributed by atoms with van der Waals surface area (Å²) >= 11 is 1.67. The number of hydrogen-bond acceptors (Lipinski definition) is 5. The molecule has 3 N–H and O–H groups in total. The first-order valence-electron chi connectivity index (χ1n) is 13.5. The highest BCUT2D eigenvalue weighted by molar-refractivity contribution is 8.02. The molecule has 3 aliphatic rings. The molecule has 36 heavy (non-hydrogen) atoms. The Hall–Kier alpha value is -2.06. The first-order chi connectivity index (χ1) is 17.2. The van der Waals surface area contributed by atoms with Gasteiger partial charge in [-0.1, -0.05) is 51.8 Å². The van der Waals surface area contributed by atoms with E-state index in [-0.39, 0.29) is 30.2 Å². The molecule has 7 nitrogen and oxygen atoms in total. The summed E-state index contributed by atoms with van der Waals surface area (Å²) in [6.45, 7) is 8.68. The Morgan fingerprint density at radius 2 is 1.89 bits per heavy atom. The van der Waals surface area contributed by atoms with Crippen molar-refractivity contribution in [1.29, 1.82) is 0 Å². The van der Waals surface area contributed by atoms with E-state index in [1.807, 2.05) is 30.3 Å². The van der Waals surface area contributed by atoms with Crippen molar-refractivity contribution in [1.82, 2.24) is 10.2 Å². The summed E-state index contributed by atoms with van der Waals surface area (Å²) in [7, 11) is 0. The Bertz CT molecular complexity index is 973. The zero-order valence-electron chi connectivity index (χ0n) is 22.0. The zero-order chi connectivity index (χ0) is 26.1. The van der Waals surface area contributed by atoms with Gasteiger partial charge in [0.05, 0.1) is 29.2 Å². The quantitative estimate of drug-likeness (QED) is 0.389. The maximum atomic E-state index is 14.2. The van der Waals surface area contributed by atoms with E-state index in [4.69, 9.17) is 0 Å². The fourth-order valence-corrected chi connectivity index (χ4v) is 9.05. The van der Waals surface area contributed by atoms with Crippen LogP contribution in [0.25, 0.3) is 0 Å². The number of nitrogens with zero attached hydrogens (tertiary/aromatic N) is 1. The first kappa shape index (κ1) is 27.0. The van der Waals surface area contributed by atoms with Gasteiger partial charge >= 0.3 is 0 Å². The van der Waals surface area contributed by atoms with Crippen LogP contribution in [0.2, 0.25) is 0 Å². The van der Waals surface area contributed by atoms with Crippen molar-refractivity contribution in [2.45, 2.75) is 87.8 Å². The number of benzene rings is 1. The second-order valence-electron chi connectivity index (χ2n) is 11.3. The van der Waals surface area contributed by atoms with E-state index in [1.165, 1.54) is 0 Å². The summed E-state index contributed by atoms with van der Waals surface area (Å²) in [5.74, 6) is -1.35. The Labute approximate surface area is 219 Å². The molecular weight excluding hydrogens is 474 g/mol. The zero-order valence-corrected chi connectivity index (χ0v) is 22.8. The molecule has 0 radical (unpaired) electrons. The van der Waals surface area contributed by atoms with E-state index in [9.17, 15) is 19.5 Å². The minimum Gasteiger partial charge on any atom is -0.394 e. The largest absolute Gasteiger partial charge is 0.394 e. The van der Waals surface area contributed by atoms with Crippen LogP contribution in [-0.2, 0) is 14.4 Å². The van der Waals surface area contributed by atoms with Crippen molar-refractivity contribution in [3.05, 3.63) is 30.3 Å². The van der Waals surface area contributed by atoms with Crippen LogP contribution in [0.5, 0.6) is 0 Å². The van der Waals surface area contributed by atoms with E-state index in [1.54, 1.807) is 16.7 Å². The summed E-state index contributed by atoms with van der Waals surface area (Å²) < 4.78 is -1.08. The van der Waals surface area contributed by atoms with Crippen molar-refractivity contribution < 1.29 is 19.5 Å². The Balaban J connectivity index is 1.69. The Morgan fingerprint density at radius 3 is 2.53 bits per heavy atom. The molecule has 2 unspecified atom stereocenters. The first-order valence-corrected chi connectivity index (χ1v) is 14.3. The molecule has 3 amide bonds. The monoisotopic (exact) mass is 515 g/mol. The standard InChI is InChI=1S/C28H41N3O4S/c1-5-6-10-15-29-25(34)23-28-14-13-27(4,36-28)21(24(33)30-19-11-8-7-9-12-19)22(28)26(35)31(23)20(17-32)16-18(2)3/h7-9,11-12,18,20-23,32H,5-6,10,13-17H2,1-4H3,(H,29,34)(H,30,33)/t20-,21+,22+,23?,27-,28?/m1/s1. The number of aliphatic hydroxyl groups is 1. The van der Waals surface area contributed by atoms with Gasteiger partial charge in [0.2, 0.25) is 17.7 Å². The highest BCUT2D eigenvalue weighted by atomic mass is 32.2. The minimum atomic E-state index is -0.686. The van der Waals surface area contributed by atoms with Crippen LogP contribution < -0.4 is 10.6 Å². The number of aliphatic hydroxyl groups excluding tert-OH is 1. The number of carbonyl (C=O) groups is 3. The van der Waals surface area contributed by atoms with E-state index >= 15 is 0 Å². The summed E-state index contributed by atoms with van der Waals surface area (Å²) in [4.78, 5) is 43.3. The summed E-state index contributed by atoms with van der Waals surface area (Å²) in [5.41, 5.74) is 0.702. The lowest BCUT2D eigenvalue weighted by atomic mass is 9.66. The van der Waals surface area contributed by atoms with E-state index in [2.05, 4.69) is 38.3 Å². The number of nitrogens with one attached hydrogen (secondary N) is 2. The van der Waals surface area contributed by atoms with Crippen LogP contribution in [-0.4, -0.2) is 62.5 Å². The second kappa shape index (κ2) is 10.7. The van der Waals surface area contributed by atoms with Crippen LogP contribution in [0.1, 0.15) is 66.2 Å². The van der Waals surface area contributed by atoms with Crippen LogP contribution in [0.15, 0.2) is 30.3 Å². The van der Waals surface area contributed by atoms with E-state index < -0.39 is 33.4 Å². The number of hydrogen-bond donors (Lipinski definition) is 3. The van der Waals surface area contributed by atoms with Gasteiger partial charge < -0.3 is 20.6 Å². The number of anilines is 1. The molecule has 2 bridgehead atoms. The number of likely N-dealkylation sites (tertiary alicyclic amines) is 1. The van der Waals surface area contributed by atoms with Gasteiger partial charge in [0.15, 0.2) is 0 Å². The maximum absolute atomic E-state index is 14.2. The Morgan fingerprint density at radius 1 is 1.17 bits per heavy atom. The molecule has 1 spiro atoms. The molecule has 3 fully saturated rings. The third-order valence-corrected chi connectivity index (χ3v) is 10.2. The lowest BCUT2D eigenvalue weighted by Crippen LogP contribution is -2.56. The molecule has 8 heteroatoms. The average Bonchev–Trinajstić information content (AvgIpc) is 3.41. The number of amides is 3. The lowest BCUT2D eigenvalue weighted by Gasteiger charge is -2.37. The number of para-hydroxylation sites is 1. The summed E-state index contributed by atoms with van der Waals surface area (Å²) in [6, 6.07) is 8.18. The molecule has 0 aliphatic carbocycles. The van der Waals surface area contributed by atoms with Gasteiger partial charge in [0, 0.05) is 17.0 Å². The van der Waals surface area contributed by atoms with Crippen LogP contribution >= 0.6 is 11.8 Å². The number of fused-ring (bicyclic) bond motifs is 1. The fourth-order valence-electron chi connectivity index (χ4n) is 6.70. The minimum absolute atomic E-state index is 0.148. The van der Waals surface area contributed by atoms with Crippen molar-refractivity contribution in [3.63, 3.8) is 0 Å². The van der Waals surface area contributed by atoms with Crippen molar-refractivity contribution in [3.8, 4) is 0 Å². The third-order valence-electron chi connectivity index (χ3n) is 8.21. The molecule has 0 aromatic heterocycles.